The summed E-state index contributed by atoms with van der Waals surface area (Å²) in [5.74, 6) is 0.466. The second kappa shape index (κ2) is 15.1. The van der Waals surface area contributed by atoms with E-state index >= 15 is 0 Å². The fraction of sp³-hybridized carbons (Fsp3) is 0.654. The number of nitrogens with zero attached hydrogens (tertiary/aromatic N) is 8. The zero-order valence-electron chi connectivity index (χ0n) is 24.0. The molecule has 14 heteroatoms. The zero-order valence-corrected chi connectivity index (χ0v) is 24.0. The van der Waals surface area contributed by atoms with E-state index in [9.17, 15) is 15.2 Å². The molecule has 0 amide bonds. The van der Waals surface area contributed by atoms with Crippen LogP contribution in [0, 0.1) is 11.3 Å². The van der Waals surface area contributed by atoms with Crippen molar-refractivity contribution in [3.63, 3.8) is 0 Å². The average Bonchev–Trinajstić information content (AvgIpc) is 3.31. The highest BCUT2D eigenvalue weighted by Crippen LogP contribution is 2.36. The molecule has 14 nitrogen and oxygen atoms in total. The van der Waals surface area contributed by atoms with Crippen molar-refractivity contribution in [1.29, 1.82) is 5.26 Å². The lowest BCUT2D eigenvalue weighted by molar-refractivity contribution is -0.136. The maximum Gasteiger partial charge on any atom is 0.305 e. The van der Waals surface area contributed by atoms with Gasteiger partial charge in [0.15, 0.2) is 17.3 Å². The highest BCUT2D eigenvalue weighted by molar-refractivity contribution is 5.76. The number of hydrogen-bond donors (Lipinski definition) is 3. The van der Waals surface area contributed by atoms with Crippen LogP contribution in [0.1, 0.15) is 64.3 Å². The van der Waals surface area contributed by atoms with Crippen LogP contribution in [0.5, 0.6) is 0 Å². The lowest BCUT2D eigenvalue weighted by Crippen LogP contribution is -2.27. The Morgan fingerprint density at radius 3 is 2.55 bits per heavy atom. The number of carboxylic acids is 1. The SMILES string of the molecule is CCc1c(C#N)c(N=Nc2c(NCCC(=O)O)nc(N(CC)CC)nc2NC(C)COC)nn1C1CCOCC1. The number of rotatable bonds is 15. The van der Waals surface area contributed by atoms with Crippen molar-refractivity contribution in [3.8, 4) is 6.07 Å². The molecule has 1 saturated heterocycles. The molecule has 0 bridgehead atoms. The summed E-state index contributed by atoms with van der Waals surface area (Å²) in [6, 6.07) is 2.25. The molecule has 3 heterocycles. The monoisotopic (exact) mass is 556 g/mol. The third kappa shape index (κ3) is 7.64. The van der Waals surface area contributed by atoms with E-state index in [4.69, 9.17) is 14.5 Å². The summed E-state index contributed by atoms with van der Waals surface area (Å²) in [6.45, 7) is 11.1. The van der Waals surface area contributed by atoms with Crippen LogP contribution < -0.4 is 15.5 Å². The number of anilines is 3. The van der Waals surface area contributed by atoms with E-state index in [2.05, 4.69) is 37.0 Å². The van der Waals surface area contributed by atoms with Gasteiger partial charge in [0.25, 0.3) is 0 Å². The van der Waals surface area contributed by atoms with Crippen molar-refractivity contribution < 1.29 is 19.4 Å². The van der Waals surface area contributed by atoms with E-state index in [0.29, 0.717) is 62.5 Å². The molecule has 0 spiro atoms. The van der Waals surface area contributed by atoms with E-state index < -0.39 is 5.97 Å². The maximum atomic E-state index is 11.2. The molecule has 40 heavy (non-hydrogen) atoms. The molecular formula is C26H40N10O4. The largest absolute Gasteiger partial charge is 0.481 e. The fourth-order valence-electron chi connectivity index (χ4n) is 4.53. The van der Waals surface area contributed by atoms with Crippen LogP contribution in [0.25, 0.3) is 0 Å². The predicted octanol–water partition coefficient (Wildman–Crippen LogP) is 4.05. The van der Waals surface area contributed by atoms with Crippen molar-refractivity contribution in [2.45, 2.75) is 65.5 Å². The molecule has 3 N–H and O–H groups in total. The molecule has 0 aromatic carbocycles. The normalized spacial score (nSPS) is 14.7. The van der Waals surface area contributed by atoms with Gasteiger partial charge in [-0.15, -0.1) is 15.3 Å². The van der Waals surface area contributed by atoms with Crippen molar-refractivity contribution in [2.24, 2.45) is 10.2 Å². The third-order valence-corrected chi connectivity index (χ3v) is 6.57. The van der Waals surface area contributed by atoms with Crippen LogP contribution in [0.2, 0.25) is 0 Å². The number of aliphatic carboxylic acids is 1. The average molecular weight is 557 g/mol. The number of aromatic nitrogens is 4. The number of nitriles is 1. The second-order valence-electron chi connectivity index (χ2n) is 9.41. The first kappa shape index (κ1) is 30.7. The van der Waals surface area contributed by atoms with Crippen LogP contribution in [-0.4, -0.2) is 83.4 Å². The van der Waals surface area contributed by atoms with E-state index in [0.717, 1.165) is 18.5 Å². The van der Waals surface area contributed by atoms with Crippen molar-refractivity contribution in [3.05, 3.63) is 11.3 Å². The predicted molar refractivity (Wildman–Crippen MR) is 151 cm³/mol. The van der Waals surface area contributed by atoms with Gasteiger partial charge in [0.1, 0.15) is 11.6 Å². The molecule has 1 unspecified atom stereocenters. The zero-order chi connectivity index (χ0) is 29.1. The molecule has 3 rings (SSSR count). The molecule has 1 atom stereocenters. The molecule has 0 radical (unpaired) electrons. The Bertz CT molecular complexity index is 1200. The van der Waals surface area contributed by atoms with Crippen LogP contribution in [0.15, 0.2) is 10.2 Å². The summed E-state index contributed by atoms with van der Waals surface area (Å²) in [5.41, 5.74) is 1.47. The van der Waals surface area contributed by atoms with Crippen LogP contribution in [0.4, 0.5) is 29.1 Å². The lowest BCUT2D eigenvalue weighted by Gasteiger charge is -2.23. The smallest absolute Gasteiger partial charge is 0.305 e. The maximum absolute atomic E-state index is 11.2. The van der Waals surface area contributed by atoms with E-state index in [-0.39, 0.29) is 36.6 Å². The van der Waals surface area contributed by atoms with Crippen molar-refractivity contribution >= 4 is 35.1 Å². The first-order valence-corrected chi connectivity index (χ1v) is 13.8. The highest BCUT2D eigenvalue weighted by Gasteiger charge is 2.25. The van der Waals surface area contributed by atoms with Crippen LogP contribution >= 0.6 is 0 Å². The summed E-state index contributed by atoms with van der Waals surface area (Å²) >= 11 is 0. The van der Waals surface area contributed by atoms with Gasteiger partial charge in [-0.2, -0.15) is 15.2 Å². The van der Waals surface area contributed by atoms with Gasteiger partial charge in [0.2, 0.25) is 11.8 Å². The third-order valence-electron chi connectivity index (χ3n) is 6.57. The van der Waals surface area contributed by atoms with Gasteiger partial charge in [0.05, 0.1) is 24.8 Å². The highest BCUT2D eigenvalue weighted by atomic mass is 16.5. The van der Waals surface area contributed by atoms with E-state index in [1.54, 1.807) is 7.11 Å². The van der Waals surface area contributed by atoms with E-state index in [1.807, 2.05) is 37.3 Å². The molecule has 0 aliphatic carbocycles. The number of carboxylic acid groups (broad SMARTS) is 1. The standard InChI is InChI=1S/C26H40N10O4/c1-6-20-19(15-27)23(34-36(20)18-10-13-40-14-11-18)33-32-22-24(28-12-9-21(37)38)30-26(35(7-2)8-3)31-25(22)29-17(4)16-39-5/h17-18H,6-14,16H2,1-5H3,(H,37,38)(H2,28,29,30,31). The molecule has 218 valence electrons. The Balaban J connectivity index is 2.12. The van der Waals surface area contributed by atoms with Gasteiger partial charge in [-0.05, 0) is 40.0 Å². The van der Waals surface area contributed by atoms with E-state index in [1.165, 1.54) is 0 Å². The van der Waals surface area contributed by atoms with Gasteiger partial charge < -0.3 is 30.1 Å². The second-order valence-corrected chi connectivity index (χ2v) is 9.41. The van der Waals surface area contributed by atoms with Crippen molar-refractivity contribution in [1.82, 2.24) is 19.7 Å². The first-order valence-electron chi connectivity index (χ1n) is 13.8. The lowest BCUT2D eigenvalue weighted by atomic mass is 10.1. The number of ether oxygens (including phenoxy) is 2. The summed E-state index contributed by atoms with van der Waals surface area (Å²) in [4.78, 5) is 22.6. The molecular weight excluding hydrogens is 516 g/mol. The number of hydrogen-bond acceptors (Lipinski definition) is 12. The minimum Gasteiger partial charge on any atom is -0.481 e. The molecule has 0 saturated carbocycles. The Labute approximate surface area is 234 Å². The van der Waals surface area contributed by atoms with Crippen LogP contribution in [-0.2, 0) is 20.7 Å². The van der Waals surface area contributed by atoms with Gasteiger partial charge in [-0.1, -0.05) is 6.92 Å². The number of methoxy groups -OCH3 is 1. The molecule has 1 aliphatic heterocycles. The minimum atomic E-state index is -0.940. The first-order chi connectivity index (χ1) is 19.4. The van der Waals surface area contributed by atoms with Gasteiger partial charge >= 0.3 is 5.97 Å². The minimum absolute atomic E-state index is 0.113. The number of azo groups is 1. The fourth-order valence-corrected chi connectivity index (χ4v) is 4.53. The van der Waals surface area contributed by atoms with Crippen LogP contribution in [0.3, 0.4) is 0 Å². The Kier molecular flexibility index (Phi) is 11.6. The van der Waals surface area contributed by atoms with Gasteiger partial charge in [0, 0.05) is 46.0 Å². The Morgan fingerprint density at radius 2 is 1.95 bits per heavy atom. The Hall–Kier alpha value is -3.83. The topological polar surface area (TPSA) is 175 Å². The molecule has 2 aromatic heterocycles. The quantitative estimate of drug-likeness (QED) is 0.270. The Morgan fingerprint density at radius 1 is 1.25 bits per heavy atom. The summed E-state index contributed by atoms with van der Waals surface area (Å²) in [5, 5.41) is 39.2. The van der Waals surface area contributed by atoms with Gasteiger partial charge in [-0.25, -0.2) is 0 Å². The summed E-state index contributed by atoms with van der Waals surface area (Å²) < 4.78 is 12.7. The molecule has 1 fully saturated rings. The number of nitrogens with one attached hydrogen (secondary N) is 2. The summed E-state index contributed by atoms with van der Waals surface area (Å²) in [7, 11) is 1.61. The molecule has 2 aromatic rings. The molecule has 1 aliphatic rings. The summed E-state index contributed by atoms with van der Waals surface area (Å²) in [6.07, 6.45) is 2.12. The number of carbonyl (C=O) groups is 1. The van der Waals surface area contributed by atoms with Crippen molar-refractivity contribution in [2.75, 3.05) is 62.1 Å². The van der Waals surface area contributed by atoms with Gasteiger partial charge in [-0.3, -0.25) is 9.48 Å².